The van der Waals surface area contributed by atoms with E-state index in [1.807, 2.05) is 5.38 Å². The van der Waals surface area contributed by atoms with E-state index in [1.165, 1.54) is 11.3 Å². The van der Waals surface area contributed by atoms with Gasteiger partial charge in [0, 0.05) is 11.6 Å². The summed E-state index contributed by atoms with van der Waals surface area (Å²) in [5, 5.41) is 5.25. The maximum Gasteiger partial charge on any atom is 0.243 e. The third-order valence-corrected chi connectivity index (χ3v) is 3.13. The first-order valence-electron chi connectivity index (χ1n) is 4.64. The Hall–Kier alpha value is -1.43. The quantitative estimate of drug-likeness (QED) is 0.770. The highest BCUT2D eigenvalue weighted by Gasteiger charge is 2.31. The lowest BCUT2D eigenvalue weighted by Crippen LogP contribution is -2.56. The fraction of sp³-hybridized carbons (Fsp3) is 0.444. The molecule has 0 radical (unpaired) electrons. The first-order chi connectivity index (χ1) is 7.18. The Balaban J connectivity index is 2.12. The minimum atomic E-state index is -0.407. The minimum absolute atomic E-state index is 0.0581. The van der Waals surface area contributed by atoms with Crippen LogP contribution in [0.4, 0.5) is 0 Å². The fourth-order valence-electron chi connectivity index (χ4n) is 1.47. The Morgan fingerprint density at radius 1 is 1.67 bits per heavy atom. The third-order valence-electron chi connectivity index (χ3n) is 2.37. The first-order valence-corrected chi connectivity index (χ1v) is 5.52. The van der Waals surface area contributed by atoms with Crippen molar-refractivity contribution in [1.82, 2.24) is 15.2 Å². The normalized spacial score (nSPS) is 21.7. The van der Waals surface area contributed by atoms with E-state index >= 15 is 0 Å². The lowest BCUT2D eigenvalue weighted by molar-refractivity contribution is -0.145. The van der Waals surface area contributed by atoms with Gasteiger partial charge in [0.2, 0.25) is 11.8 Å². The number of thiazole rings is 1. The molecule has 0 aliphatic carbocycles. The van der Waals surface area contributed by atoms with Gasteiger partial charge in [0.1, 0.15) is 11.0 Å². The molecule has 80 valence electrons. The van der Waals surface area contributed by atoms with E-state index in [1.54, 1.807) is 18.0 Å². The first kappa shape index (κ1) is 10.1. The molecule has 0 aromatic carbocycles. The number of rotatable bonds is 2. The molecule has 1 aromatic heterocycles. The number of hydrogen-bond donors (Lipinski definition) is 1. The average Bonchev–Trinajstić information content (AvgIpc) is 2.71. The van der Waals surface area contributed by atoms with E-state index in [9.17, 15) is 9.59 Å². The number of nitrogens with one attached hydrogen (secondary N) is 1. The largest absolute Gasteiger partial charge is 0.345 e. The van der Waals surface area contributed by atoms with Gasteiger partial charge in [0.25, 0.3) is 0 Å². The van der Waals surface area contributed by atoms with Crippen LogP contribution in [0.5, 0.6) is 0 Å². The topological polar surface area (TPSA) is 62.3 Å². The molecule has 1 saturated heterocycles. The smallest absolute Gasteiger partial charge is 0.243 e. The van der Waals surface area contributed by atoms with Gasteiger partial charge in [0.15, 0.2) is 0 Å². The number of carbonyl (C=O) groups excluding carboxylic acids is 2. The van der Waals surface area contributed by atoms with Crippen molar-refractivity contribution in [2.24, 2.45) is 0 Å². The number of piperazine rings is 1. The number of nitrogens with zero attached hydrogens (tertiary/aromatic N) is 2. The van der Waals surface area contributed by atoms with Gasteiger partial charge in [-0.1, -0.05) is 0 Å². The molecule has 1 N–H and O–H groups in total. The Labute approximate surface area is 91.1 Å². The molecule has 2 rings (SSSR count). The number of aromatic nitrogens is 1. The van der Waals surface area contributed by atoms with Gasteiger partial charge in [-0.15, -0.1) is 11.3 Å². The highest BCUT2D eigenvalue weighted by molar-refractivity contribution is 7.09. The molecular weight excluding hydrogens is 214 g/mol. The molecule has 0 bridgehead atoms. The number of amides is 2. The molecule has 2 heterocycles. The maximum absolute atomic E-state index is 11.6. The van der Waals surface area contributed by atoms with Crippen molar-refractivity contribution < 1.29 is 9.59 Å². The fourth-order valence-corrected chi connectivity index (χ4v) is 2.09. The van der Waals surface area contributed by atoms with Crippen LogP contribution < -0.4 is 5.32 Å². The Morgan fingerprint density at radius 2 is 2.47 bits per heavy atom. The van der Waals surface area contributed by atoms with Crippen LogP contribution in [-0.4, -0.2) is 34.3 Å². The maximum atomic E-state index is 11.6. The second kappa shape index (κ2) is 3.98. The van der Waals surface area contributed by atoms with Crippen molar-refractivity contribution in [2.45, 2.75) is 19.5 Å². The Morgan fingerprint density at radius 3 is 3.13 bits per heavy atom. The van der Waals surface area contributed by atoms with Crippen LogP contribution in [0.15, 0.2) is 11.6 Å². The van der Waals surface area contributed by atoms with Crippen molar-refractivity contribution in [1.29, 1.82) is 0 Å². The van der Waals surface area contributed by atoms with Gasteiger partial charge in [0.05, 0.1) is 13.1 Å². The van der Waals surface area contributed by atoms with Crippen LogP contribution >= 0.6 is 11.3 Å². The summed E-state index contributed by atoms with van der Waals surface area (Å²) in [6.45, 7) is 2.24. The van der Waals surface area contributed by atoms with Crippen molar-refractivity contribution in [3.63, 3.8) is 0 Å². The highest BCUT2D eigenvalue weighted by Crippen LogP contribution is 2.13. The van der Waals surface area contributed by atoms with Crippen molar-refractivity contribution in [3.05, 3.63) is 16.6 Å². The van der Waals surface area contributed by atoms with E-state index in [4.69, 9.17) is 0 Å². The van der Waals surface area contributed by atoms with E-state index in [-0.39, 0.29) is 18.4 Å². The van der Waals surface area contributed by atoms with Crippen LogP contribution in [0.2, 0.25) is 0 Å². The Bertz CT molecular complexity index is 377. The molecular formula is C9H11N3O2S. The SMILES string of the molecule is CC1C(=O)NCC(=O)N1Cc1nccs1. The summed E-state index contributed by atoms with van der Waals surface area (Å²) >= 11 is 1.49. The molecule has 1 aliphatic rings. The second-order valence-electron chi connectivity index (χ2n) is 3.34. The second-order valence-corrected chi connectivity index (χ2v) is 4.32. The van der Waals surface area contributed by atoms with Crippen molar-refractivity contribution in [3.8, 4) is 0 Å². The summed E-state index contributed by atoms with van der Waals surface area (Å²) in [4.78, 5) is 28.6. The molecule has 1 aliphatic heterocycles. The molecule has 1 atom stereocenters. The number of carbonyl (C=O) groups is 2. The van der Waals surface area contributed by atoms with Gasteiger partial charge < -0.3 is 10.2 Å². The zero-order valence-electron chi connectivity index (χ0n) is 8.27. The monoisotopic (exact) mass is 225 g/mol. The van der Waals surface area contributed by atoms with E-state index in [0.29, 0.717) is 6.54 Å². The zero-order valence-corrected chi connectivity index (χ0v) is 9.08. The molecule has 0 saturated carbocycles. The molecule has 0 spiro atoms. The molecule has 1 unspecified atom stereocenters. The molecule has 1 fully saturated rings. The van der Waals surface area contributed by atoms with Gasteiger partial charge in [-0.3, -0.25) is 9.59 Å². The zero-order chi connectivity index (χ0) is 10.8. The van der Waals surface area contributed by atoms with Crippen LogP contribution in [0.1, 0.15) is 11.9 Å². The van der Waals surface area contributed by atoms with Crippen LogP contribution in [-0.2, 0) is 16.1 Å². The van der Waals surface area contributed by atoms with Crippen LogP contribution in [0.25, 0.3) is 0 Å². The third kappa shape index (κ3) is 1.99. The molecule has 2 amide bonds. The standard InChI is InChI=1S/C9H11N3O2S/c1-6-9(14)11-4-8(13)12(6)5-7-10-2-3-15-7/h2-3,6H,4-5H2,1H3,(H,11,14). The minimum Gasteiger partial charge on any atom is -0.345 e. The van der Waals surface area contributed by atoms with Crippen LogP contribution in [0, 0.1) is 0 Å². The number of hydrogen-bond acceptors (Lipinski definition) is 4. The highest BCUT2D eigenvalue weighted by atomic mass is 32.1. The van der Waals surface area contributed by atoms with Gasteiger partial charge in [-0.25, -0.2) is 4.98 Å². The molecule has 15 heavy (non-hydrogen) atoms. The summed E-state index contributed by atoms with van der Waals surface area (Å²) in [7, 11) is 0. The van der Waals surface area contributed by atoms with E-state index in [2.05, 4.69) is 10.3 Å². The van der Waals surface area contributed by atoms with Gasteiger partial charge in [-0.2, -0.15) is 0 Å². The van der Waals surface area contributed by atoms with Crippen LogP contribution in [0.3, 0.4) is 0 Å². The summed E-state index contributed by atoms with van der Waals surface area (Å²) < 4.78 is 0. The molecule has 5 nitrogen and oxygen atoms in total. The molecule has 1 aromatic rings. The summed E-state index contributed by atoms with van der Waals surface area (Å²) in [5.74, 6) is -0.163. The van der Waals surface area contributed by atoms with E-state index in [0.717, 1.165) is 5.01 Å². The van der Waals surface area contributed by atoms with Crippen molar-refractivity contribution in [2.75, 3.05) is 6.54 Å². The van der Waals surface area contributed by atoms with E-state index < -0.39 is 6.04 Å². The lowest BCUT2D eigenvalue weighted by atomic mass is 10.2. The average molecular weight is 225 g/mol. The summed E-state index contributed by atoms with van der Waals surface area (Å²) in [6.07, 6.45) is 1.69. The Kier molecular flexibility index (Phi) is 2.68. The predicted octanol–water partition coefficient (Wildman–Crippen LogP) is -0.0100. The lowest BCUT2D eigenvalue weighted by Gasteiger charge is -2.31. The van der Waals surface area contributed by atoms with Gasteiger partial charge in [-0.05, 0) is 6.92 Å². The van der Waals surface area contributed by atoms with Gasteiger partial charge >= 0.3 is 0 Å². The molecule has 6 heteroatoms. The van der Waals surface area contributed by atoms with Crippen molar-refractivity contribution >= 4 is 23.2 Å². The summed E-state index contributed by atoms with van der Waals surface area (Å²) in [6, 6.07) is -0.407. The predicted molar refractivity (Wildman–Crippen MR) is 55.1 cm³/mol. The summed E-state index contributed by atoms with van der Waals surface area (Å²) in [5.41, 5.74) is 0.